The predicted octanol–water partition coefficient (Wildman–Crippen LogP) is 15.0. The van der Waals surface area contributed by atoms with Gasteiger partial charge in [-0.3, -0.25) is 0 Å². The molecule has 0 N–H and O–H groups in total. The van der Waals surface area contributed by atoms with Crippen molar-refractivity contribution in [1.29, 1.82) is 0 Å². The van der Waals surface area contributed by atoms with Crippen molar-refractivity contribution in [1.82, 2.24) is 0 Å². The fourth-order valence-corrected chi connectivity index (χ4v) is 8.35. The first kappa shape index (κ1) is 31.2. The van der Waals surface area contributed by atoms with Crippen LogP contribution in [0.15, 0.2) is 197 Å². The molecule has 0 amide bonds. The second-order valence-electron chi connectivity index (χ2n) is 14.2. The summed E-state index contributed by atoms with van der Waals surface area (Å²) in [5, 5.41) is 9.23. The van der Waals surface area contributed by atoms with Gasteiger partial charge in [0, 0.05) is 50.0 Å². The Labute approximate surface area is 317 Å². The molecule has 0 bridgehead atoms. The van der Waals surface area contributed by atoms with E-state index in [-0.39, 0.29) is 0 Å². The first-order chi connectivity index (χ1) is 27.2. The van der Waals surface area contributed by atoms with E-state index in [1.807, 2.05) is 0 Å². The molecule has 0 aliphatic carbocycles. The molecule has 0 saturated heterocycles. The topological polar surface area (TPSA) is 32.8 Å². The van der Waals surface area contributed by atoms with Crippen LogP contribution < -0.4 is 9.80 Å². The van der Waals surface area contributed by atoms with Crippen molar-refractivity contribution >= 4 is 99.5 Å². The first-order valence-corrected chi connectivity index (χ1v) is 18.7. The number of benzene rings is 9. The zero-order chi connectivity index (χ0) is 36.5. The molecule has 4 heteroatoms. The summed E-state index contributed by atoms with van der Waals surface area (Å²) in [6, 6.07) is 66.6. The first-order valence-electron chi connectivity index (χ1n) is 18.7. The Hall–Kier alpha value is -7.30. The maximum Gasteiger partial charge on any atom is 0.136 e. The van der Waals surface area contributed by atoms with Gasteiger partial charge in [-0.2, -0.15) is 0 Å². The molecule has 0 fully saturated rings. The summed E-state index contributed by atoms with van der Waals surface area (Å²) in [5.41, 5.74) is 11.1. The van der Waals surface area contributed by atoms with Crippen molar-refractivity contribution < 1.29 is 8.83 Å². The van der Waals surface area contributed by atoms with E-state index in [1.165, 1.54) is 21.5 Å². The summed E-state index contributed by atoms with van der Waals surface area (Å²) in [4.78, 5) is 4.71. The van der Waals surface area contributed by atoms with Crippen LogP contribution in [0.25, 0.3) is 65.4 Å². The van der Waals surface area contributed by atoms with E-state index in [0.717, 1.165) is 83.6 Å². The molecular formula is C51H34N2O2. The number of furan rings is 2. The molecule has 55 heavy (non-hydrogen) atoms. The highest BCUT2D eigenvalue weighted by Gasteiger charge is 2.22. The summed E-state index contributed by atoms with van der Waals surface area (Å²) in [6.07, 6.45) is 0. The lowest BCUT2D eigenvalue weighted by Crippen LogP contribution is -2.14. The van der Waals surface area contributed by atoms with E-state index in [2.05, 4.69) is 205 Å². The van der Waals surface area contributed by atoms with Crippen LogP contribution in [0.2, 0.25) is 0 Å². The highest BCUT2D eigenvalue weighted by Crippen LogP contribution is 2.45. The average Bonchev–Trinajstić information content (AvgIpc) is 3.81. The van der Waals surface area contributed by atoms with Gasteiger partial charge in [-0.1, -0.05) is 103 Å². The van der Waals surface area contributed by atoms with E-state index >= 15 is 0 Å². The Bertz CT molecular complexity index is 3230. The van der Waals surface area contributed by atoms with Crippen LogP contribution in [0.1, 0.15) is 5.56 Å². The third-order valence-electron chi connectivity index (χ3n) is 10.9. The van der Waals surface area contributed by atoms with Crippen LogP contribution >= 0.6 is 0 Å². The second kappa shape index (κ2) is 12.4. The van der Waals surface area contributed by atoms with Crippen LogP contribution in [0, 0.1) is 6.92 Å². The molecule has 11 rings (SSSR count). The fourth-order valence-electron chi connectivity index (χ4n) is 8.35. The van der Waals surface area contributed by atoms with Crippen LogP contribution in [0.5, 0.6) is 0 Å². The van der Waals surface area contributed by atoms with Gasteiger partial charge < -0.3 is 18.6 Å². The molecule has 260 valence electrons. The van der Waals surface area contributed by atoms with E-state index < -0.39 is 0 Å². The number of fused-ring (bicyclic) bond motifs is 10. The molecule has 11 aromatic rings. The minimum atomic E-state index is 0.873. The van der Waals surface area contributed by atoms with Crippen molar-refractivity contribution in [2.24, 2.45) is 0 Å². The smallest absolute Gasteiger partial charge is 0.136 e. The molecule has 4 nitrogen and oxygen atoms in total. The van der Waals surface area contributed by atoms with Gasteiger partial charge in [0.05, 0.1) is 5.69 Å². The summed E-state index contributed by atoms with van der Waals surface area (Å²) >= 11 is 0. The molecule has 0 unspecified atom stereocenters. The normalized spacial score (nSPS) is 11.7. The number of para-hydroxylation sites is 2. The van der Waals surface area contributed by atoms with Gasteiger partial charge in [-0.05, 0) is 119 Å². The SMILES string of the molecule is Cc1ccc(N(c2ccccc2)c2ccc3oc4ccc5ccccc5c4c3c2)cc1N(c1ccccc1)c1ccc2oc3ccc4ccccc4c3c2c1. The number of hydrogen-bond acceptors (Lipinski definition) is 4. The molecule has 9 aromatic carbocycles. The van der Waals surface area contributed by atoms with Crippen molar-refractivity contribution in [2.75, 3.05) is 9.80 Å². The highest BCUT2D eigenvalue weighted by atomic mass is 16.3. The van der Waals surface area contributed by atoms with Gasteiger partial charge in [0.2, 0.25) is 0 Å². The Morgan fingerprint density at radius 3 is 1.33 bits per heavy atom. The quantitative estimate of drug-likeness (QED) is 0.172. The molecule has 2 heterocycles. The van der Waals surface area contributed by atoms with Gasteiger partial charge in [-0.15, -0.1) is 0 Å². The number of hydrogen-bond donors (Lipinski definition) is 0. The molecule has 0 spiro atoms. The Kier molecular flexibility index (Phi) is 7.04. The zero-order valence-corrected chi connectivity index (χ0v) is 30.1. The third kappa shape index (κ3) is 5.07. The lowest BCUT2D eigenvalue weighted by atomic mass is 10.0. The molecular weight excluding hydrogens is 673 g/mol. The molecule has 0 aliphatic heterocycles. The highest BCUT2D eigenvalue weighted by molar-refractivity contribution is 6.20. The Balaban J connectivity index is 1.12. The van der Waals surface area contributed by atoms with Gasteiger partial charge in [0.15, 0.2) is 0 Å². The van der Waals surface area contributed by atoms with Crippen LogP contribution in [0.4, 0.5) is 34.1 Å². The lowest BCUT2D eigenvalue weighted by Gasteiger charge is -2.30. The monoisotopic (exact) mass is 706 g/mol. The number of nitrogens with zero attached hydrogens (tertiary/aromatic N) is 2. The standard InChI is InChI=1S/C51H34N2O2/c1-33-20-23-40(52(36-14-4-2-5-15-36)38-24-28-46-43(30-38)50-41-18-10-8-12-34(41)21-26-48(50)54-46)32-45(33)53(37-16-6-3-7-17-37)39-25-29-47-44(31-39)51-42-19-11-9-13-35(42)22-27-49(51)55-47/h2-32H,1H3. The second-order valence-corrected chi connectivity index (χ2v) is 14.2. The van der Waals surface area contributed by atoms with Crippen LogP contribution in [-0.2, 0) is 0 Å². The van der Waals surface area contributed by atoms with Crippen molar-refractivity contribution in [2.45, 2.75) is 6.92 Å². The van der Waals surface area contributed by atoms with E-state index in [0.29, 0.717) is 0 Å². The molecule has 0 aliphatic rings. The molecule has 0 saturated carbocycles. The number of aryl methyl sites for hydroxylation is 1. The van der Waals surface area contributed by atoms with E-state index in [1.54, 1.807) is 0 Å². The van der Waals surface area contributed by atoms with Gasteiger partial charge >= 0.3 is 0 Å². The summed E-state index contributed by atoms with van der Waals surface area (Å²) in [7, 11) is 0. The van der Waals surface area contributed by atoms with Gasteiger partial charge in [0.25, 0.3) is 0 Å². The minimum Gasteiger partial charge on any atom is -0.456 e. The van der Waals surface area contributed by atoms with Crippen molar-refractivity contribution in [3.8, 4) is 0 Å². The van der Waals surface area contributed by atoms with Crippen LogP contribution in [-0.4, -0.2) is 0 Å². The maximum absolute atomic E-state index is 6.42. The zero-order valence-electron chi connectivity index (χ0n) is 30.1. The van der Waals surface area contributed by atoms with Gasteiger partial charge in [-0.25, -0.2) is 0 Å². The predicted molar refractivity (Wildman–Crippen MR) is 230 cm³/mol. The molecule has 2 aromatic heterocycles. The minimum absolute atomic E-state index is 0.873. The molecule has 0 atom stereocenters. The third-order valence-corrected chi connectivity index (χ3v) is 10.9. The van der Waals surface area contributed by atoms with E-state index in [9.17, 15) is 0 Å². The largest absolute Gasteiger partial charge is 0.456 e. The summed E-state index contributed by atoms with van der Waals surface area (Å²) in [5.74, 6) is 0. The Morgan fingerprint density at radius 1 is 0.327 bits per heavy atom. The van der Waals surface area contributed by atoms with E-state index in [4.69, 9.17) is 8.83 Å². The van der Waals surface area contributed by atoms with Crippen molar-refractivity contribution in [3.05, 3.63) is 194 Å². The maximum atomic E-state index is 6.42. The molecule has 0 radical (unpaired) electrons. The summed E-state index contributed by atoms with van der Waals surface area (Å²) in [6.45, 7) is 2.19. The summed E-state index contributed by atoms with van der Waals surface area (Å²) < 4.78 is 12.8. The fraction of sp³-hybridized carbons (Fsp3) is 0.0196. The van der Waals surface area contributed by atoms with Crippen LogP contribution in [0.3, 0.4) is 0 Å². The van der Waals surface area contributed by atoms with Gasteiger partial charge in [0.1, 0.15) is 22.3 Å². The van der Waals surface area contributed by atoms with Crippen molar-refractivity contribution in [3.63, 3.8) is 0 Å². The number of rotatable bonds is 6. The Morgan fingerprint density at radius 2 is 0.764 bits per heavy atom. The average molecular weight is 707 g/mol. The number of anilines is 6. The lowest BCUT2D eigenvalue weighted by molar-refractivity contribution is 0.669.